The molecular formula is C21H26N6O2. The first-order valence-corrected chi connectivity index (χ1v) is 9.87. The molecule has 4 rings (SSSR count). The summed E-state index contributed by atoms with van der Waals surface area (Å²) < 4.78 is 1.65. The molecule has 1 aliphatic heterocycles. The van der Waals surface area contributed by atoms with E-state index in [1.54, 1.807) is 16.9 Å². The Morgan fingerprint density at radius 1 is 1.17 bits per heavy atom. The summed E-state index contributed by atoms with van der Waals surface area (Å²) in [6, 6.07) is 9.22. The van der Waals surface area contributed by atoms with Crippen LogP contribution in [0.3, 0.4) is 0 Å². The number of carbonyl (C=O) groups excluding carboxylic acids is 1. The number of amides is 1. The lowest BCUT2D eigenvalue weighted by atomic mass is 9.86. The molecule has 1 amide bonds. The first-order chi connectivity index (χ1) is 13.8. The van der Waals surface area contributed by atoms with E-state index in [-0.39, 0.29) is 23.0 Å². The fraction of sp³-hybridized carbons (Fsp3) is 0.429. The molecule has 2 aromatic heterocycles. The third-order valence-corrected chi connectivity index (χ3v) is 5.46. The minimum Gasteiger partial charge on any atom is -0.506 e. The number of nitrogens with zero attached hydrogens (tertiary/aromatic N) is 5. The van der Waals surface area contributed by atoms with Crippen molar-refractivity contribution in [1.29, 1.82) is 0 Å². The monoisotopic (exact) mass is 394 g/mol. The number of benzene rings is 1. The van der Waals surface area contributed by atoms with E-state index < -0.39 is 0 Å². The van der Waals surface area contributed by atoms with Gasteiger partial charge in [-0.15, -0.1) is 15.3 Å². The molecule has 0 saturated carbocycles. The minimum atomic E-state index is -0.0948. The molecule has 3 heterocycles. The number of anilines is 2. The maximum Gasteiger partial charge on any atom is 0.227 e. The predicted molar refractivity (Wildman–Crippen MR) is 111 cm³/mol. The summed E-state index contributed by atoms with van der Waals surface area (Å²) in [5.41, 5.74) is 2.19. The summed E-state index contributed by atoms with van der Waals surface area (Å²) in [6.45, 7) is 7.79. The van der Waals surface area contributed by atoms with Crippen molar-refractivity contribution < 1.29 is 9.90 Å². The summed E-state index contributed by atoms with van der Waals surface area (Å²) in [7, 11) is 0. The van der Waals surface area contributed by atoms with Gasteiger partial charge in [-0.05, 0) is 48.1 Å². The van der Waals surface area contributed by atoms with Crippen molar-refractivity contribution >= 4 is 23.1 Å². The van der Waals surface area contributed by atoms with E-state index in [9.17, 15) is 9.90 Å². The Kier molecular flexibility index (Phi) is 4.86. The van der Waals surface area contributed by atoms with Crippen molar-refractivity contribution in [3.05, 3.63) is 42.2 Å². The number of aromatic hydroxyl groups is 1. The van der Waals surface area contributed by atoms with Crippen LogP contribution >= 0.6 is 0 Å². The van der Waals surface area contributed by atoms with Crippen LogP contribution in [0.5, 0.6) is 5.75 Å². The number of carbonyl (C=O) groups is 1. The molecule has 29 heavy (non-hydrogen) atoms. The molecular weight excluding hydrogens is 368 g/mol. The number of aromatic nitrogens is 4. The number of piperidine rings is 1. The van der Waals surface area contributed by atoms with Gasteiger partial charge in [0.15, 0.2) is 5.65 Å². The van der Waals surface area contributed by atoms with Gasteiger partial charge in [0.2, 0.25) is 5.91 Å². The topological polar surface area (TPSA) is 95.7 Å². The van der Waals surface area contributed by atoms with E-state index >= 15 is 0 Å². The van der Waals surface area contributed by atoms with E-state index in [2.05, 4.69) is 46.3 Å². The molecule has 1 aliphatic rings. The molecule has 0 unspecified atom stereocenters. The normalized spacial score (nSPS) is 15.6. The van der Waals surface area contributed by atoms with Crippen molar-refractivity contribution in [2.75, 3.05) is 23.3 Å². The van der Waals surface area contributed by atoms with Gasteiger partial charge in [-0.3, -0.25) is 4.79 Å². The van der Waals surface area contributed by atoms with Gasteiger partial charge in [0.1, 0.15) is 17.9 Å². The minimum absolute atomic E-state index is 0.0479. The quantitative estimate of drug-likeness (QED) is 0.663. The molecule has 1 aromatic carbocycles. The molecule has 0 radical (unpaired) electrons. The van der Waals surface area contributed by atoms with E-state index in [0.29, 0.717) is 11.3 Å². The summed E-state index contributed by atoms with van der Waals surface area (Å²) >= 11 is 0. The maximum atomic E-state index is 12.8. The fourth-order valence-electron chi connectivity index (χ4n) is 3.60. The Morgan fingerprint density at radius 2 is 1.93 bits per heavy atom. The summed E-state index contributed by atoms with van der Waals surface area (Å²) in [5, 5.41) is 25.4. The highest BCUT2D eigenvalue weighted by Crippen LogP contribution is 2.32. The van der Waals surface area contributed by atoms with Crippen molar-refractivity contribution in [2.24, 2.45) is 5.92 Å². The molecule has 0 aliphatic carbocycles. The van der Waals surface area contributed by atoms with Gasteiger partial charge < -0.3 is 15.3 Å². The Morgan fingerprint density at radius 3 is 2.66 bits per heavy atom. The Labute approximate surface area is 169 Å². The molecule has 0 spiro atoms. The molecule has 1 saturated heterocycles. The highest BCUT2D eigenvalue weighted by Gasteiger charge is 2.27. The van der Waals surface area contributed by atoms with Crippen LogP contribution in [0.4, 0.5) is 11.5 Å². The molecule has 2 N–H and O–H groups in total. The maximum absolute atomic E-state index is 12.8. The average Bonchev–Trinajstić information content (AvgIpc) is 3.16. The van der Waals surface area contributed by atoms with E-state index in [0.717, 1.165) is 37.3 Å². The van der Waals surface area contributed by atoms with Gasteiger partial charge in [-0.1, -0.05) is 26.8 Å². The van der Waals surface area contributed by atoms with Gasteiger partial charge in [-0.25, -0.2) is 0 Å². The van der Waals surface area contributed by atoms with Crippen LogP contribution in [0, 0.1) is 5.92 Å². The van der Waals surface area contributed by atoms with Crippen molar-refractivity contribution in [1.82, 2.24) is 19.8 Å². The number of hydrogen-bond acceptors (Lipinski definition) is 6. The third-order valence-electron chi connectivity index (χ3n) is 5.46. The van der Waals surface area contributed by atoms with Crippen LogP contribution in [0.2, 0.25) is 0 Å². The highest BCUT2D eigenvalue weighted by atomic mass is 16.3. The summed E-state index contributed by atoms with van der Waals surface area (Å²) in [6.07, 6.45) is 3.04. The van der Waals surface area contributed by atoms with Crippen molar-refractivity contribution in [3.63, 3.8) is 0 Å². The first-order valence-electron chi connectivity index (χ1n) is 9.87. The van der Waals surface area contributed by atoms with Crippen molar-refractivity contribution in [3.8, 4) is 5.75 Å². The molecule has 1 fully saturated rings. The number of hydrogen-bond donors (Lipinski definition) is 2. The van der Waals surface area contributed by atoms with E-state index in [4.69, 9.17) is 0 Å². The molecule has 152 valence electrons. The Hall–Kier alpha value is -3.16. The van der Waals surface area contributed by atoms with Gasteiger partial charge >= 0.3 is 0 Å². The van der Waals surface area contributed by atoms with Gasteiger partial charge in [0.25, 0.3) is 0 Å². The second-order valence-corrected chi connectivity index (χ2v) is 8.56. The second-order valence-electron chi connectivity index (χ2n) is 8.56. The lowest BCUT2D eigenvalue weighted by Gasteiger charge is -2.32. The lowest BCUT2D eigenvalue weighted by molar-refractivity contribution is -0.120. The zero-order chi connectivity index (χ0) is 20.6. The molecule has 3 aromatic rings. The zero-order valence-electron chi connectivity index (χ0n) is 17.0. The standard InChI is InChI=1S/C21H26N6O2/c1-21(2,3)15-4-5-17(28)16(12-15)23-20(29)14-8-10-26(11-9-14)19-7-6-18-24-22-13-27(18)25-19/h4-7,12-14,28H,8-11H2,1-3H3,(H,23,29). The lowest BCUT2D eigenvalue weighted by Crippen LogP contribution is -2.38. The van der Waals surface area contributed by atoms with Gasteiger partial charge in [0.05, 0.1) is 5.69 Å². The van der Waals surface area contributed by atoms with Crippen LogP contribution in [0.1, 0.15) is 39.2 Å². The smallest absolute Gasteiger partial charge is 0.227 e. The largest absolute Gasteiger partial charge is 0.506 e. The summed E-state index contributed by atoms with van der Waals surface area (Å²) in [5.74, 6) is 0.803. The van der Waals surface area contributed by atoms with Crippen LogP contribution in [0.25, 0.3) is 5.65 Å². The Balaban J connectivity index is 1.40. The fourth-order valence-corrected chi connectivity index (χ4v) is 3.60. The van der Waals surface area contributed by atoms with E-state index in [1.807, 2.05) is 24.3 Å². The molecule has 8 nitrogen and oxygen atoms in total. The first kappa shape index (κ1) is 19.2. The SMILES string of the molecule is CC(C)(C)c1ccc(O)c(NC(=O)C2CCN(c3ccc4nncn4n3)CC2)c1. The number of phenolic OH excluding ortho intramolecular Hbond substituents is 1. The summed E-state index contributed by atoms with van der Waals surface area (Å²) in [4.78, 5) is 15.0. The number of rotatable bonds is 3. The number of nitrogens with one attached hydrogen (secondary N) is 1. The zero-order valence-corrected chi connectivity index (χ0v) is 17.0. The van der Waals surface area contributed by atoms with Crippen molar-refractivity contribution in [2.45, 2.75) is 39.0 Å². The second kappa shape index (κ2) is 7.35. The van der Waals surface area contributed by atoms with Gasteiger partial charge in [0, 0.05) is 19.0 Å². The molecule has 8 heteroatoms. The highest BCUT2D eigenvalue weighted by molar-refractivity contribution is 5.94. The number of fused-ring (bicyclic) bond motifs is 1. The molecule has 0 atom stereocenters. The van der Waals surface area contributed by atoms with Crippen LogP contribution in [-0.4, -0.2) is 43.9 Å². The predicted octanol–water partition coefficient (Wildman–Crippen LogP) is 2.98. The molecule has 0 bridgehead atoms. The average molecular weight is 394 g/mol. The van der Waals surface area contributed by atoms with E-state index in [1.165, 1.54) is 0 Å². The van der Waals surface area contributed by atoms with Gasteiger partial charge in [-0.2, -0.15) is 4.52 Å². The number of phenols is 1. The third kappa shape index (κ3) is 4.01. The van der Waals surface area contributed by atoms with Crippen LogP contribution in [-0.2, 0) is 10.2 Å². The van der Waals surface area contributed by atoms with Crippen LogP contribution in [0.15, 0.2) is 36.7 Å². The Bertz CT molecular complexity index is 1030. The van der Waals surface area contributed by atoms with Crippen LogP contribution < -0.4 is 10.2 Å².